The van der Waals surface area contributed by atoms with Gasteiger partial charge in [-0.2, -0.15) is 0 Å². The van der Waals surface area contributed by atoms with Gasteiger partial charge in [0.25, 0.3) is 0 Å². The molecule has 0 saturated carbocycles. The average molecular weight is 197 g/mol. The summed E-state index contributed by atoms with van der Waals surface area (Å²) in [6.07, 6.45) is 1.67. The van der Waals surface area contributed by atoms with Crippen LogP contribution in [0.2, 0.25) is 0 Å². The number of aliphatic hydroxyl groups is 1. The van der Waals surface area contributed by atoms with Crippen LogP contribution in [0.1, 0.15) is 23.3 Å². The van der Waals surface area contributed by atoms with Crippen LogP contribution in [0.25, 0.3) is 0 Å². The van der Waals surface area contributed by atoms with Crippen LogP contribution in [-0.2, 0) is 5.60 Å². The Morgan fingerprint density at radius 2 is 2.15 bits per heavy atom. The number of rotatable bonds is 1. The summed E-state index contributed by atoms with van der Waals surface area (Å²) in [6, 6.07) is 2.11. The van der Waals surface area contributed by atoms with Crippen LogP contribution in [0.3, 0.4) is 0 Å². The molecule has 2 rings (SSSR count). The van der Waals surface area contributed by atoms with Crippen molar-refractivity contribution in [3.8, 4) is 0 Å². The van der Waals surface area contributed by atoms with Gasteiger partial charge in [-0.25, -0.2) is 0 Å². The number of piperidine rings is 1. The van der Waals surface area contributed by atoms with E-state index in [1.54, 1.807) is 11.3 Å². The van der Waals surface area contributed by atoms with Crippen molar-refractivity contribution >= 4 is 11.3 Å². The van der Waals surface area contributed by atoms with Crippen molar-refractivity contribution in [3.05, 3.63) is 21.9 Å². The van der Waals surface area contributed by atoms with Gasteiger partial charge >= 0.3 is 0 Å². The third-order valence-electron chi connectivity index (χ3n) is 2.70. The van der Waals surface area contributed by atoms with Crippen LogP contribution in [0.15, 0.2) is 11.4 Å². The molecule has 1 saturated heterocycles. The van der Waals surface area contributed by atoms with E-state index in [0.29, 0.717) is 0 Å². The minimum atomic E-state index is -0.560. The number of hydrogen-bond donors (Lipinski definition) is 2. The first kappa shape index (κ1) is 9.19. The molecule has 2 heterocycles. The van der Waals surface area contributed by atoms with Gasteiger partial charge in [-0.05, 0) is 49.9 Å². The standard InChI is InChI=1S/C10H15NOS/c1-8-6-9(7-13-8)10(12)2-4-11-5-3-10/h6-7,11-12H,2-5H2,1H3. The molecule has 0 amide bonds. The lowest BCUT2D eigenvalue weighted by Gasteiger charge is -2.32. The van der Waals surface area contributed by atoms with E-state index in [2.05, 4.69) is 23.7 Å². The van der Waals surface area contributed by atoms with Crippen LogP contribution >= 0.6 is 11.3 Å². The van der Waals surface area contributed by atoms with E-state index in [9.17, 15) is 5.11 Å². The second kappa shape index (κ2) is 3.40. The highest BCUT2D eigenvalue weighted by Gasteiger charge is 2.31. The lowest BCUT2D eigenvalue weighted by molar-refractivity contribution is 0.00631. The van der Waals surface area contributed by atoms with E-state index in [1.807, 2.05) is 0 Å². The summed E-state index contributed by atoms with van der Waals surface area (Å²) in [4.78, 5) is 1.28. The zero-order valence-corrected chi connectivity index (χ0v) is 8.66. The van der Waals surface area contributed by atoms with Gasteiger partial charge in [-0.15, -0.1) is 11.3 Å². The van der Waals surface area contributed by atoms with Gasteiger partial charge in [0.2, 0.25) is 0 Å². The van der Waals surface area contributed by atoms with Crippen molar-refractivity contribution < 1.29 is 5.11 Å². The lowest BCUT2D eigenvalue weighted by Crippen LogP contribution is -2.39. The van der Waals surface area contributed by atoms with Gasteiger partial charge in [0.05, 0.1) is 5.60 Å². The molecule has 2 N–H and O–H groups in total. The van der Waals surface area contributed by atoms with Gasteiger partial charge < -0.3 is 10.4 Å². The van der Waals surface area contributed by atoms with Crippen molar-refractivity contribution in [1.29, 1.82) is 0 Å². The first-order valence-corrected chi connectivity index (χ1v) is 5.57. The molecule has 0 unspecified atom stereocenters. The van der Waals surface area contributed by atoms with E-state index in [4.69, 9.17) is 0 Å². The number of nitrogens with one attached hydrogen (secondary N) is 1. The minimum absolute atomic E-state index is 0.560. The van der Waals surface area contributed by atoms with E-state index in [0.717, 1.165) is 31.5 Å². The van der Waals surface area contributed by atoms with Crippen LogP contribution in [-0.4, -0.2) is 18.2 Å². The Bertz CT molecular complexity index is 289. The molecule has 0 atom stereocenters. The summed E-state index contributed by atoms with van der Waals surface area (Å²) >= 11 is 1.72. The van der Waals surface area contributed by atoms with Gasteiger partial charge in [0, 0.05) is 4.88 Å². The molecule has 0 aromatic carbocycles. The molecular weight excluding hydrogens is 182 g/mol. The fourth-order valence-electron chi connectivity index (χ4n) is 1.82. The van der Waals surface area contributed by atoms with Crippen molar-refractivity contribution in [2.75, 3.05) is 13.1 Å². The maximum Gasteiger partial charge on any atom is 0.0928 e. The zero-order chi connectivity index (χ0) is 9.31. The van der Waals surface area contributed by atoms with E-state index >= 15 is 0 Å². The molecule has 1 aromatic heterocycles. The Labute approximate surface area is 82.6 Å². The molecule has 1 aliphatic rings. The Kier molecular flexibility index (Phi) is 2.41. The number of hydrogen-bond acceptors (Lipinski definition) is 3. The topological polar surface area (TPSA) is 32.3 Å². The molecule has 0 bridgehead atoms. The fraction of sp³-hybridized carbons (Fsp3) is 0.600. The normalized spacial score (nSPS) is 21.7. The molecule has 1 aromatic rings. The summed E-state index contributed by atoms with van der Waals surface area (Å²) in [5.41, 5.74) is 0.548. The molecule has 0 radical (unpaired) electrons. The van der Waals surface area contributed by atoms with Crippen LogP contribution in [0, 0.1) is 6.92 Å². The minimum Gasteiger partial charge on any atom is -0.385 e. The second-order valence-electron chi connectivity index (χ2n) is 3.73. The highest BCUT2D eigenvalue weighted by Crippen LogP contribution is 2.32. The lowest BCUT2D eigenvalue weighted by atomic mass is 9.87. The van der Waals surface area contributed by atoms with Crippen LogP contribution < -0.4 is 5.32 Å². The van der Waals surface area contributed by atoms with E-state index < -0.39 is 5.60 Å². The van der Waals surface area contributed by atoms with Crippen molar-refractivity contribution in [3.63, 3.8) is 0 Å². The summed E-state index contributed by atoms with van der Waals surface area (Å²) in [6.45, 7) is 3.93. The quantitative estimate of drug-likeness (QED) is 0.717. The Morgan fingerprint density at radius 1 is 1.46 bits per heavy atom. The first-order valence-electron chi connectivity index (χ1n) is 4.69. The van der Waals surface area contributed by atoms with Crippen molar-refractivity contribution in [1.82, 2.24) is 5.32 Å². The summed E-state index contributed by atoms with van der Waals surface area (Å²) in [5, 5.41) is 15.7. The average Bonchev–Trinajstić information content (AvgIpc) is 2.54. The van der Waals surface area contributed by atoms with Gasteiger partial charge in [-0.1, -0.05) is 0 Å². The number of aryl methyl sites for hydroxylation is 1. The SMILES string of the molecule is Cc1cc(C2(O)CCNCC2)cs1. The molecule has 0 spiro atoms. The molecule has 0 aliphatic carbocycles. The maximum atomic E-state index is 10.3. The molecular formula is C10H15NOS. The molecule has 2 nitrogen and oxygen atoms in total. The zero-order valence-electron chi connectivity index (χ0n) is 7.84. The first-order chi connectivity index (χ1) is 6.21. The molecule has 13 heavy (non-hydrogen) atoms. The van der Waals surface area contributed by atoms with Crippen molar-refractivity contribution in [2.45, 2.75) is 25.4 Å². The van der Waals surface area contributed by atoms with E-state index in [-0.39, 0.29) is 0 Å². The molecule has 72 valence electrons. The third-order valence-corrected chi connectivity index (χ3v) is 3.56. The van der Waals surface area contributed by atoms with E-state index in [1.165, 1.54) is 4.88 Å². The summed E-state index contributed by atoms with van der Waals surface area (Å²) in [7, 11) is 0. The highest BCUT2D eigenvalue weighted by molar-refractivity contribution is 7.10. The Hall–Kier alpha value is -0.380. The van der Waals surface area contributed by atoms with Gasteiger partial charge in [-0.3, -0.25) is 0 Å². The summed E-state index contributed by atoms with van der Waals surface area (Å²) in [5.74, 6) is 0. The van der Waals surface area contributed by atoms with Gasteiger partial charge in [0.1, 0.15) is 0 Å². The number of thiophene rings is 1. The monoisotopic (exact) mass is 197 g/mol. The van der Waals surface area contributed by atoms with Crippen molar-refractivity contribution in [2.24, 2.45) is 0 Å². The smallest absolute Gasteiger partial charge is 0.0928 e. The molecule has 3 heteroatoms. The third kappa shape index (κ3) is 1.77. The second-order valence-corrected chi connectivity index (χ2v) is 4.84. The Balaban J connectivity index is 2.22. The predicted octanol–water partition coefficient (Wildman–Crippen LogP) is 1.63. The van der Waals surface area contributed by atoms with Crippen LogP contribution in [0.4, 0.5) is 0 Å². The summed E-state index contributed by atoms with van der Waals surface area (Å²) < 4.78 is 0. The Morgan fingerprint density at radius 3 is 2.69 bits per heavy atom. The maximum absolute atomic E-state index is 10.3. The molecule has 1 aliphatic heterocycles. The van der Waals surface area contributed by atoms with Crippen LogP contribution in [0.5, 0.6) is 0 Å². The predicted molar refractivity (Wildman–Crippen MR) is 55.1 cm³/mol. The van der Waals surface area contributed by atoms with Gasteiger partial charge in [0.15, 0.2) is 0 Å². The molecule has 1 fully saturated rings. The highest BCUT2D eigenvalue weighted by atomic mass is 32.1. The fourth-order valence-corrected chi connectivity index (χ4v) is 2.61. The largest absolute Gasteiger partial charge is 0.385 e.